The van der Waals surface area contributed by atoms with E-state index in [9.17, 15) is 14.7 Å². The smallest absolute Gasteiger partial charge is 0.272 e. The molecule has 0 saturated carbocycles. The lowest BCUT2D eigenvalue weighted by molar-refractivity contribution is 0.102. The molecule has 0 aliphatic carbocycles. The van der Waals surface area contributed by atoms with Crippen LogP contribution < -0.4 is 10.9 Å². The summed E-state index contributed by atoms with van der Waals surface area (Å²) in [4.78, 5) is 26.1. The number of rotatable bonds is 3. The average Bonchev–Trinajstić information content (AvgIpc) is 2.70. The number of nitrogens with zero attached hydrogens (tertiary/aromatic N) is 1. The van der Waals surface area contributed by atoms with Crippen LogP contribution in [0.25, 0.3) is 16.6 Å². The van der Waals surface area contributed by atoms with Crippen LogP contribution in [0.4, 0.5) is 5.69 Å². The number of fused-ring (bicyclic) bond motifs is 1. The van der Waals surface area contributed by atoms with Crippen molar-refractivity contribution in [2.75, 3.05) is 5.32 Å². The number of pyridine rings is 1. The van der Waals surface area contributed by atoms with E-state index in [0.717, 1.165) is 0 Å². The molecule has 2 N–H and O–H groups in total. The fourth-order valence-corrected chi connectivity index (χ4v) is 3.22. The van der Waals surface area contributed by atoms with Crippen molar-refractivity contribution in [3.63, 3.8) is 0 Å². The standard InChI is InChI=1S/C22H15ClN2O3/c23-14-10-12-16(13-11-14)25-18-9-5-4-8-17(18)20(26)19(22(25)28)21(27)24-15-6-2-1-3-7-15/h1-13,26H,(H,24,27). The largest absolute Gasteiger partial charge is 0.506 e. The number of halogens is 1. The number of aromatic hydroxyl groups is 1. The fourth-order valence-electron chi connectivity index (χ4n) is 3.09. The number of para-hydroxylation sites is 2. The SMILES string of the molecule is O=C(Nc1ccccc1)c1c(O)c2ccccc2n(-c2ccc(Cl)cc2)c1=O. The highest BCUT2D eigenvalue weighted by molar-refractivity contribution is 6.30. The molecular formula is C22H15ClN2O3. The Morgan fingerprint density at radius 2 is 1.54 bits per heavy atom. The normalized spacial score (nSPS) is 10.8. The van der Waals surface area contributed by atoms with Crippen molar-refractivity contribution < 1.29 is 9.90 Å². The zero-order chi connectivity index (χ0) is 19.7. The van der Waals surface area contributed by atoms with Crippen LogP contribution in [0, 0.1) is 0 Å². The average molecular weight is 391 g/mol. The number of hydrogen-bond acceptors (Lipinski definition) is 3. The van der Waals surface area contributed by atoms with Gasteiger partial charge in [-0.25, -0.2) is 0 Å². The predicted octanol–water partition coefficient (Wildman–Crippen LogP) is 4.60. The number of benzene rings is 3. The Labute approximate surface area is 165 Å². The molecule has 1 aromatic heterocycles. The Balaban J connectivity index is 1.96. The molecule has 0 unspecified atom stereocenters. The molecule has 0 saturated heterocycles. The highest BCUT2D eigenvalue weighted by atomic mass is 35.5. The molecule has 4 rings (SSSR count). The number of anilines is 1. The molecule has 0 radical (unpaired) electrons. The molecule has 6 heteroatoms. The Hall–Kier alpha value is -3.57. The lowest BCUT2D eigenvalue weighted by Gasteiger charge is -2.15. The van der Waals surface area contributed by atoms with Crippen molar-refractivity contribution in [3.8, 4) is 11.4 Å². The van der Waals surface area contributed by atoms with E-state index < -0.39 is 11.5 Å². The predicted molar refractivity (Wildman–Crippen MR) is 111 cm³/mol. The van der Waals surface area contributed by atoms with Crippen molar-refractivity contribution in [3.05, 3.63) is 99.8 Å². The highest BCUT2D eigenvalue weighted by Gasteiger charge is 2.23. The number of amides is 1. The van der Waals surface area contributed by atoms with Crippen molar-refractivity contribution >= 4 is 34.1 Å². The van der Waals surface area contributed by atoms with Crippen LogP contribution in [-0.2, 0) is 0 Å². The van der Waals surface area contributed by atoms with Crippen LogP contribution in [-0.4, -0.2) is 15.6 Å². The molecule has 1 heterocycles. The summed E-state index contributed by atoms with van der Waals surface area (Å²) in [5.74, 6) is -1.03. The molecule has 3 aromatic carbocycles. The summed E-state index contributed by atoms with van der Waals surface area (Å²) >= 11 is 5.96. The third-order valence-electron chi connectivity index (χ3n) is 4.40. The van der Waals surface area contributed by atoms with Gasteiger partial charge in [-0.2, -0.15) is 0 Å². The number of hydrogen-bond donors (Lipinski definition) is 2. The maximum absolute atomic E-state index is 13.2. The van der Waals surface area contributed by atoms with Gasteiger partial charge in [0.1, 0.15) is 11.3 Å². The molecular weight excluding hydrogens is 376 g/mol. The summed E-state index contributed by atoms with van der Waals surface area (Å²) < 4.78 is 1.39. The zero-order valence-corrected chi connectivity index (χ0v) is 15.4. The monoisotopic (exact) mass is 390 g/mol. The Morgan fingerprint density at radius 3 is 2.25 bits per heavy atom. The summed E-state index contributed by atoms with van der Waals surface area (Å²) in [7, 11) is 0. The first-order chi connectivity index (χ1) is 13.6. The molecule has 0 aliphatic rings. The third kappa shape index (κ3) is 3.12. The van der Waals surface area contributed by atoms with Crippen LogP contribution in [0.15, 0.2) is 83.7 Å². The lowest BCUT2D eigenvalue weighted by Crippen LogP contribution is -2.29. The second kappa shape index (κ2) is 7.21. The van der Waals surface area contributed by atoms with Crippen molar-refractivity contribution in [1.82, 2.24) is 4.57 Å². The minimum atomic E-state index is -0.679. The van der Waals surface area contributed by atoms with Crippen LogP contribution >= 0.6 is 11.6 Å². The Morgan fingerprint density at radius 1 is 0.893 bits per heavy atom. The summed E-state index contributed by atoms with van der Waals surface area (Å²) in [6.07, 6.45) is 0. The first kappa shape index (κ1) is 17.8. The van der Waals surface area contributed by atoms with Crippen molar-refractivity contribution in [2.24, 2.45) is 0 Å². The number of nitrogens with one attached hydrogen (secondary N) is 1. The molecule has 28 heavy (non-hydrogen) atoms. The van der Waals surface area contributed by atoms with Gasteiger partial charge in [0.2, 0.25) is 0 Å². The zero-order valence-electron chi connectivity index (χ0n) is 14.6. The highest BCUT2D eigenvalue weighted by Crippen LogP contribution is 2.28. The number of carbonyl (C=O) groups is 1. The van der Waals surface area contributed by atoms with Gasteiger partial charge in [-0.1, -0.05) is 41.9 Å². The van der Waals surface area contributed by atoms with Gasteiger partial charge >= 0.3 is 0 Å². The maximum Gasteiger partial charge on any atom is 0.272 e. The van der Waals surface area contributed by atoms with Crippen LogP contribution in [0.3, 0.4) is 0 Å². The van der Waals surface area contributed by atoms with E-state index in [1.54, 1.807) is 72.8 Å². The first-order valence-corrected chi connectivity index (χ1v) is 8.93. The summed E-state index contributed by atoms with van der Waals surface area (Å²) in [6.45, 7) is 0. The molecule has 0 atom stereocenters. The maximum atomic E-state index is 13.2. The van der Waals surface area contributed by atoms with E-state index >= 15 is 0 Å². The topological polar surface area (TPSA) is 71.3 Å². The van der Waals surface area contributed by atoms with E-state index in [2.05, 4.69) is 5.32 Å². The van der Waals surface area contributed by atoms with Gasteiger partial charge in [0.25, 0.3) is 11.5 Å². The van der Waals surface area contributed by atoms with E-state index in [0.29, 0.717) is 27.3 Å². The van der Waals surface area contributed by atoms with Crippen LogP contribution in [0.5, 0.6) is 5.75 Å². The van der Waals surface area contributed by atoms with Crippen LogP contribution in [0.1, 0.15) is 10.4 Å². The minimum Gasteiger partial charge on any atom is -0.506 e. The molecule has 138 valence electrons. The number of aromatic nitrogens is 1. The summed E-state index contributed by atoms with van der Waals surface area (Å²) in [5, 5.41) is 14.3. The van der Waals surface area contributed by atoms with E-state index in [-0.39, 0.29) is 11.3 Å². The lowest BCUT2D eigenvalue weighted by atomic mass is 10.1. The van der Waals surface area contributed by atoms with Crippen molar-refractivity contribution in [2.45, 2.75) is 0 Å². The van der Waals surface area contributed by atoms with Crippen molar-refractivity contribution in [1.29, 1.82) is 0 Å². The molecule has 0 fully saturated rings. The van der Waals surface area contributed by atoms with Gasteiger partial charge in [-0.3, -0.25) is 14.2 Å². The van der Waals surface area contributed by atoms with Gasteiger partial charge in [-0.15, -0.1) is 0 Å². The van der Waals surface area contributed by atoms with E-state index in [4.69, 9.17) is 11.6 Å². The Bertz CT molecular complexity index is 1230. The Kier molecular flexibility index (Phi) is 4.59. The molecule has 5 nitrogen and oxygen atoms in total. The summed E-state index contributed by atoms with van der Waals surface area (Å²) in [6, 6.07) is 22.3. The van der Waals surface area contributed by atoms with E-state index in [1.165, 1.54) is 4.57 Å². The molecule has 0 bridgehead atoms. The fraction of sp³-hybridized carbons (Fsp3) is 0. The molecule has 1 amide bonds. The second-order valence-corrected chi connectivity index (χ2v) is 6.61. The van der Waals surface area contributed by atoms with Gasteiger partial charge < -0.3 is 10.4 Å². The van der Waals surface area contributed by atoms with Gasteiger partial charge in [-0.05, 0) is 48.5 Å². The van der Waals surface area contributed by atoms with Gasteiger partial charge in [0.15, 0.2) is 0 Å². The van der Waals surface area contributed by atoms with E-state index in [1.807, 2.05) is 6.07 Å². The van der Waals surface area contributed by atoms with Gasteiger partial charge in [0, 0.05) is 21.8 Å². The van der Waals surface area contributed by atoms with Crippen LogP contribution in [0.2, 0.25) is 5.02 Å². The second-order valence-electron chi connectivity index (χ2n) is 6.18. The molecule has 4 aromatic rings. The minimum absolute atomic E-state index is 0.322. The third-order valence-corrected chi connectivity index (χ3v) is 4.65. The molecule has 0 spiro atoms. The molecule has 0 aliphatic heterocycles. The summed E-state index contributed by atoms with van der Waals surface area (Å²) in [5.41, 5.74) is 0.616. The van der Waals surface area contributed by atoms with Gasteiger partial charge in [0.05, 0.1) is 5.52 Å². The quantitative estimate of drug-likeness (QED) is 0.537. The first-order valence-electron chi connectivity index (χ1n) is 8.55. The number of carbonyl (C=O) groups excluding carboxylic acids is 1.